The lowest BCUT2D eigenvalue weighted by atomic mass is 10.1. The molecule has 0 aliphatic carbocycles. The fourth-order valence-electron chi connectivity index (χ4n) is 2.25. The Labute approximate surface area is 88.7 Å². The molecule has 1 atom stereocenters. The number of likely N-dealkylation sites (tertiary alicyclic amines) is 1. The van der Waals surface area contributed by atoms with E-state index in [1.165, 1.54) is 4.90 Å². The van der Waals surface area contributed by atoms with Gasteiger partial charge in [0.15, 0.2) is 0 Å². The van der Waals surface area contributed by atoms with Crippen molar-refractivity contribution in [1.29, 1.82) is 0 Å². The van der Waals surface area contributed by atoms with Crippen molar-refractivity contribution in [2.75, 3.05) is 13.2 Å². The first-order valence-electron chi connectivity index (χ1n) is 5.08. The van der Waals surface area contributed by atoms with Gasteiger partial charge in [0.05, 0.1) is 0 Å². The minimum atomic E-state index is -0.849. The van der Waals surface area contributed by atoms with Crippen molar-refractivity contribution >= 4 is 12.3 Å². The van der Waals surface area contributed by atoms with E-state index < -0.39 is 11.8 Å². The Morgan fingerprint density at radius 2 is 2.40 bits per heavy atom. The second-order valence-corrected chi connectivity index (χ2v) is 4.04. The summed E-state index contributed by atoms with van der Waals surface area (Å²) in [7, 11) is 0. The highest BCUT2D eigenvalue weighted by molar-refractivity contribution is 5.71. The average Bonchev–Trinajstić information content (AvgIpc) is 2.63. The van der Waals surface area contributed by atoms with Crippen LogP contribution in [-0.4, -0.2) is 46.1 Å². The van der Waals surface area contributed by atoms with Gasteiger partial charge < -0.3 is 10.0 Å². The van der Waals surface area contributed by atoms with E-state index in [0.717, 1.165) is 12.8 Å². The molecule has 1 fully saturated rings. The Morgan fingerprint density at radius 1 is 1.60 bits per heavy atom. The van der Waals surface area contributed by atoms with E-state index >= 15 is 0 Å². The summed E-state index contributed by atoms with van der Waals surface area (Å²) in [5.41, 5.74) is -0.430. The minimum Gasteiger partial charge on any atom is -0.465 e. The number of hydrogen-bond acceptors (Lipinski definition) is 3. The maximum atomic E-state index is 11.1. The normalized spacial score (nSPS) is 29.9. The summed E-state index contributed by atoms with van der Waals surface area (Å²) in [6, 6.07) is 0. The molecule has 15 heavy (non-hydrogen) atoms. The zero-order valence-electron chi connectivity index (χ0n) is 8.76. The molecule has 0 saturated carbocycles. The zero-order valence-corrected chi connectivity index (χ0v) is 8.76. The molecule has 0 radical (unpaired) electrons. The molecule has 2 rings (SSSR count). The lowest BCUT2D eigenvalue weighted by Crippen LogP contribution is -2.55. The molecule has 5 heteroatoms. The molecule has 0 aromatic rings. The molecule has 0 spiro atoms. The van der Waals surface area contributed by atoms with Crippen LogP contribution in [-0.2, 0) is 0 Å². The summed E-state index contributed by atoms with van der Waals surface area (Å²) >= 11 is 0. The molecular formula is C10H15N3O2. The van der Waals surface area contributed by atoms with Gasteiger partial charge in [0, 0.05) is 19.0 Å². The highest BCUT2D eigenvalue weighted by Gasteiger charge is 2.43. The fraction of sp³-hybridized carbons (Fsp3) is 0.600. The number of allylic oxidation sites excluding steroid dienone is 1. The molecule has 1 unspecified atom stereocenters. The zero-order chi connectivity index (χ0) is 10.9. The SMILES string of the molecule is CC1(N2C=CC=NC2)CCCN1C(=O)O. The van der Waals surface area contributed by atoms with Crippen molar-refractivity contribution in [2.24, 2.45) is 4.99 Å². The van der Waals surface area contributed by atoms with Crippen LogP contribution in [0.1, 0.15) is 19.8 Å². The summed E-state index contributed by atoms with van der Waals surface area (Å²) in [5.74, 6) is 0. The number of rotatable bonds is 1. The van der Waals surface area contributed by atoms with Crippen molar-refractivity contribution in [3.8, 4) is 0 Å². The Balaban J connectivity index is 2.20. The number of carbonyl (C=O) groups is 1. The van der Waals surface area contributed by atoms with Gasteiger partial charge in [-0.2, -0.15) is 0 Å². The fourth-order valence-corrected chi connectivity index (χ4v) is 2.25. The number of amides is 1. The maximum Gasteiger partial charge on any atom is 0.409 e. The van der Waals surface area contributed by atoms with Crippen LogP contribution in [0.15, 0.2) is 17.3 Å². The predicted octanol–water partition coefficient (Wildman–Crippen LogP) is 1.33. The first kappa shape index (κ1) is 10.0. The van der Waals surface area contributed by atoms with Crippen LogP contribution in [0.4, 0.5) is 4.79 Å². The lowest BCUT2D eigenvalue weighted by molar-refractivity contribution is 0.0244. The Hall–Kier alpha value is -1.52. The number of nitrogens with zero attached hydrogens (tertiary/aromatic N) is 3. The van der Waals surface area contributed by atoms with Crippen LogP contribution in [0.3, 0.4) is 0 Å². The van der Waals surface area contributed by atoms with Crippen LogP contribution in [0.25, 0.3) is 0 Å². The highest BCUT2D eigenvalue weighted by Crippen LogP contribution is 2.33. The summed E-state index contributed by atoms with van der Waals surface area (Å²) in [5, 5.41) is 9.12. The van der Waals surface area contributed by atoms with Crippen molar-refractivity contribution in [1.82, 2.24) is 9.80 Å². The largest absolute Gasteiger partial charge is 0.465 e. The van der Waals surface area contributed by atoms with E-state index in [4.69, 9.17) is 5.11 Å². The number of aliphatic imine (C=N–C) groups is 1. The minimum absolute atomic E-state index is 0.430. The van der Waals surface area contributed by atoms with Gasteiger partial charge in [0.2, 0.25) is 0 Å². The smallest absolute Gasteiger partial charge is 0.409 e. The van der Waals surface area contributed by atoms with Crippen molar-refractivity contribution in [3.05, 3.63) is 12.3 Å². The first-order valence-corrected chi connectivity index (χ1v) is 5.08. The van der Waals surface area contributed by atoms with Gasteiger partial charge in [0.1, 0.15) is 12.3 Å². The van der Waals surface area contributed by atoms with E-state index in [1.54, 1.807) is 6.21 Å². The van der Waals surface area contributed by atoms with Crippen molar-refractivity contribution in [3.63, 3.8) is 0 Å². The van der Waals surface area contributed by atoms with Crippen LogP contribution >= 0.6 is 0 Å². The van der Waals surface area contributed by atoms with Gasteiger partial charge in [-0.1, -0.05) is 0 Å². The summed E-state index contributed by atoms with van der Waals surface area (Å²) in [4.78, 5) is 18.7. The molecule has 0 bridgehead atoms. The van der Waals surface area contributed by atoms with Gasteiger partial charge >= 0.3 is 6.09 Å². The third-order valence-electron chi connectivity index (χ3n) is 3.15. The van der Waals surface area contributed by atoms with Gasteiger partial charge in [-0.25, -0.2) is 4.79 Å². The summed E-state index contributed by atoms with van der Waals surface area (Å²) < 4.78 is 0. The van der Waals surface area contributed by atoms with Gasteiger partial charge in [-0.05, 0) is 25.8 Å². The van der Waals surface area contributed by atoms with E-state index in [1.807, 2.05) is 24.1 Å². The van der Waals surface area contributed by atoms with Crippen LogP contribution in [0, 0.1) is 0 Å². The van der Waals surface area contributed by atoms with E-state index in [2.05, 4.69) is 4.99 Å². The molecule has 2 heterocycles. The molecule has 1 saturated heterocycles. The van der Waals surface area contributed by atoms with Gasteiger partial charge in [0.25, 0.3) is 0 Å². The maximum absolute atomic E-state index is 11.1. The van der Waals surface area contributed by atoms with Crippen LogP contribution < -0.4 is 0 Å². The Kier molecular flexibility index (Phi) is 2.38. The third kappa shape index (κ3) is 1.58. The molecule has 1 amide bonds. The third-order valence-corrected chi connectivity index (χ3v) is 3.15. The highest BCUT2D eigenvalue weighted by atomic mass is 16.4. The molecule has 82 valence electrons. The monoisotopic (exact) mass is 209 g/mol. The van der Waals surface area contributed by atoms with E-state index in [0.29, 0.717) is 13.2 Å². The first-order chi connectivity index (χ1) is 7.14. The van der Waals surface area contributed by atoms with E-state index in [-0.39, 0.29) is 0 Å². The molecule has 2 aliphatic rings. The molecular weight excluding hydrogens is 194 g/mol. The standard InChI is InChI=1S/C10H15N3O2/c1-10(12-6-3-5-11-8-12)4-2-7-13(10)9(14)15/h3,5-6H,2,4,7-8H2,1H3,(H,14,15). The van der Waals surface area contributed by atoms with Crippen molar-refractivity contribution < 1.29 is 9.90 Å². The predicted molar refractivity (Wildman–Crippen MR) is 56.7 cm³/mol. The topological polar surface area (TPSA) is 56.1 Å². The molecule has 0 aromatic heterocycles. The number of carboxylic acid groups (broad SMARTS) is 1. The van der Waals surface area contributed by atoms with Gasteiger partial charge in [-0.3, -0.25) is 9.89 Å². The van der Waals surface area contributed by atoms with Crippen LogP contribution in [0.2, 0.25) is 0 Å². The van der Waals surface area contributed by atoms with Crippen LogP contribution in [0.5, 0.6) is 0 Å². The molecule has 2 aliphatic heterocycles. The second kappa shape index (κ2) is 3.56. The summed E-state index contributed by atoms with van der Waals surface area (Å²) in [6.07, 6.45) is 6.41. The lowest BCUT2D eigenvalue weighted by Gasteiger charge is -2.42. The van der Waals surface area contributed by atoms with E-state index in [9.17, 15) is 4.79 Å². The number of hydrogen-bond donors (Lipinski definition) is 1. The second-order valence-electron chi connectivity index (χ2n) is 4.04. The average molecular weight is 209 g/mol. The molecule has 0 aromatic carbocycles. The molecule has 1 N–H and O–H groups in total. The molecule has 5 nitrogen and oxygen atoms in total. The Bertz CT molecular complexity index is 327. The quantitative estimate of drug-likeness (QED) is 0.709. The van der Waals surface area contributed by atoms with Crippen molar-refractivity contribution in [2.45, 2.75) is 25.4 Å². The summed E-state index contributed by atoms with van der Waals surface area (Å²) in [6.45, 7) is 3.11. The van der Waals surface area contributed by atoms with Gasteiger partial charge in [-0.15, -0.1) is 0 Å². The Morgan fingerprint density at radius 3 is 3.00 bits per heavy atom.